The van der Waals surface area contributed by atoms with Crippen molar-refractivity contribution in [2.24, 2.45) is 5.41 Å². The lowest BCUT2D eigenvalue weighted by molar-refractivity contribution is -0.125. The molecule has 2 rings (SSSR count). The van der Waals surface area contributed by atoms with Crippen molar-refractivity contribution >= 4 is 5.78 Å². The van der Waals surface area contributed by atoms with Gasteiger partial charge in [0.2, 0.25) is 0 Å². The minimum absolute atomic E-state index is 0.0554. The van der Waals surface area contributed by atoms with Crippen LogP contribution in [0.2, 0.25) is 0 Å². The molecule has 0 unspecified atom stereocenters. The molecule has 1 saturated heterocycles. The average Bonchev–Trinajstić information content (AvgIpc) is 2.56. The standard InChI is InChI=1S/C15H22O2/c1-4-5-6-8-12-11(2)15(3)13(16)9-7-10-14(15)17-12/h10,12H,2,4-9H2,1,3H3/t12-,15-/m1/s1. The summed E-state index contributed by atoms with van der Waals surface area (Å²) in [6.45, 7) is 8.30. The van der Waals surface area contributed by atoms with Gasteiger partial charge in [-0.15, -0.1) is 0 Å². The zero-order valence-electron chi connectivity index (χ0n) is 10.9. The van der Waals surface area contributed by atoms with Crippen LogP contribution in [0, 0.1) is 5.41 Å². The maximum atomic E-state index is 12.1. The number of hydrogen-bond donors (Lipinski definition) is 0. The molecule has 0 saturated carbocycles. The second kappa shape index (κ2) is 4.67. The fraction of sp³-hybridized carbons (Fsp3) is 0.667. The largest absolute Gasteiger partial charge is 0.489 e. The van der Waals surface area contributed by atoms with Crippen molar-refractivity contribution < 1.29 is 9.53 Å². The molecule has 1 fully saturated rings. The van der Waals surface area contributed by atoms with Crippen LogP contribution >= 0.6 is 0 Å². The molecule has 0 spiro atoms. The third-order valence-electron chi connectivity index (χ3n) is 4.12. The van der Waals surface area contributed by atoms with Crippen molar-refractivity contribution in [3.63, 3.8) is 0 Å². The van der Waals surface area contributed by atoms with E-state index in [2.05, 4.69) is 19.6 Å². The molecule has 1 heterocycles. The van der Waals surface area contributed by atoms with Gasteiger partial charge in [-0.25, -0.2) is 0 Å². The number of unbranched alkanes of at least 4 members (excludes halogenated alkanes) is 2. The van der Waals surface area contributed by atoms with E-state index in [4.69, 9.17) is 4.74 Å². The molecule has 2 aliphatic rings. The van der Waals surface area contributed by atoms with Crippen molar-refractivity contribution in [3.05, 3.63) is 24.0 Å². The first-order valence-corrected chi connectivity index (χ1v) is 6.70. The molecule has 0 aromatic rings. The van der Waals surface area contributed by atoms with E-state index in [-0.39, 0.29) is 11.9 Å². The fourth-order valence-corrected chi connectivity index (χ4v) is 2.79. The second-order valence-corrected chi connectivity index (χ2v) is 5.28. The Labute approximate surface area is 104 Å². The predicted molar refractivity (Wildman–Crippen MR) is 68.6 cm³/mol. The SMILES string of the molecule is C=C1[C@@H](CCCCC)OC2=CCCC(=O)[C@@]12C. The molecule has 94 valence electrons. The van der Waals surface area contributed by atoms with Gasteiger partial charge in [0, 0.05) is 6.42 Å². The number of ether oxygens (including phenoxy) is 1. The lowest BCUT2D eigenvalue weighted by Crippen LogP contribution is -2.31. The van der Waals surface area contributed by atoms with Crippen molar-refractivity contribution in [1.82, 2.24) is 0 Å². The van der Waals surface area contributed by atoms with Gasteiger partial charge in [0.25, 0.3) is 0 Å². The summed E-state index contributed by atoms with van der Waals surface area (Å²) in [6.07, 6.45) is 8.15. The van der Waals surface area contributed by atoms with Crippen molar-refractivity contribution in [2.45, 2.75) is 58.5 Å². The molecule has 2 heteroatoms. The third-order valence-corrected chi connectivity index (χ3v) is 4.12. The summed E-state index contributed by atoms with van der Waals surface area (Å²) < 4.78 is 5.94. The van der Waals surface area contributed by atoms with Gasteiger partial charge in [-0.3, -0.25) is 4.79 Å². The third kappa shape index (κ3) is 1.94. The van der Waals surface area contributed by atoms with Crippen molar-refractivity contribution in [3.8, 4) is 0 Å². The highest BCUT2D eigenvalue weighted by Crippen LogP contribution is 2.49. The van der Waals surface area contributed by atoms with Crippen LogP contribution in [0.15, 0.2) is 24.0 Å². The van der Waals surface area contributed by atoms with Crippen LogP contribution < -0.4 is 0 Å². The molecule has 0 aromatic heterocycles. The average molecular weight is 234 g/mol. The highest BCUT2D eigenvalue weighted by atomic mass is 16.5. The van der Waals surface area contributed by atoms with E-state index >= 15 is 0 Å². The topological polar surface area (TPSA) is 26.3 Å². The Kier molecular flexibility index (Phi) is 3.41. The van der Waals surface area contributed by atoms with Crippen molar-refractivity contribution in [1.29, 1.82) is 0 Å². The minimum Gasteiger partial charge on any atom is -0.489 e. The van der Waals surface area contributed by atoms with Crippen LogP contribution in [-0.2, 0) is 9.53 Å². The molecule has 1 aliphatic heterocycles. The van der Waals surface area contributed by atoms with Gasteiger partial charge >= 0.3 is 0 Å². The maximum Gasteiger partial charge on any atom is 0.150 e. The van der Waals surface area contributed by atoms with Gasteiger partial charge in [-0.2, -0.15) is 0 Å². The van der Waals surface area contributed by atoms with E-state index in [1.165, 1.54) is 12.8 Å². The first-order valence-electron chi connectivity index (χ1n) is 6.70. The number of carbonyl (C=O) groups is 1. The highest BCUT2D eigenvalue weighted by molar-refractivity contribution is 5.92. The Morgan fingerprint density at radius 3 is 2.94 bits per heavy atom. The smallest absolute Gasteiger partial charge is 0.150 e. The van der Waals surface area contributed by atoms with Gasteiger partial charge in [0.15, 0.2) is 5.78 Å². The van der Waals surface area contributed by atoms with Crippen LogP contribution in [0.4, 0.5) is 0 Å². The number of carbonyl (C=O) groups excluding carboxylic acids is 1. The summed E-state index contributed by atoms with van der Waals surface area (Å²) in [4.78, 5) is 12.1. The first kappa shape index (κ1) is 12.4. The Hall–Kier alpha value is -1.05. The summed E-state index contributed by atoms with van der Waals surface area (Å²) in [5.41, 5.74) is 0.458. The van der Waals surface area contributed by atoms with Crippen LogP contribution in [0.3, 0.4) is 0 Å². The minimum atomic E-state index is -0.519. The number of ketones is 1. The number of rotatable bonds is 4. The maximum absolute atomic E-state index is 12.1. The quantitative estimate of drug-likeness (QED) is 0.546. The molecule has 0 radical (unpaired) electrons. The Morgan fingerprint density at radius 1 is 1.53 bits per heavy atom. The van der Waals surface area contributed by atoms with E-state index in [1.54, 1.807) is 0 Å². The molecule has 0 bridgehead atoms. The lowest BCUT2D eigenvalue weighted by Gasteiger charge is -2.26. The summed E-state index contributed by atoms with van der Waals surface area (Å²) in [6, 6.07) is 0. The number of Topliss-reactive ketones (excluding diaryl/α,β-unsaturated/α-hetero) is 1. The van der Waals surface area contributed by atoms with Crippen LogP contribution in [0.25, 0.3) is 0 Å². The molecule has 0 aromatic carbocycles. The summed E-state index contributed by atoms with van der Waals surface area (Å²) in [7, 11) is 0. The number of hydrogen-bond acceptors (Lipinski definition) is 2. The molecule has 2 nitrogen and oxygen atoms in total. The van der Waals surface area contributed by atoms with Crippen molar-refractivity contribution in [2.75, 3.05) is 0 Å². The summed E-state index contributed by atoms with van der Waals surface area (Å²) in [5, 5.41) is 0. The van der Waals surface area contributed by atoms with Crippen LogP contribution in [0.1, 0.15) is 52.4 Å². The van der Waals surface area contributed by atoms with Gasteiger partial charge < -0.3 is 4.74 Å². The van der Waals surface area contributed by atoms with E-state index in [0.717, 1.165) is 30.6 Å². The van der Waals surface area contributed by atoms with Crippen LogP contribution in [-0.4, -0.2) is 11.9 Å². The predicted octanol–water partition coefficient (Wildman–Crippen LogP) is 3.77. The molecule has 17 heavy (non-hydrogen) atoms. The molecule has 0 amide bonds. The lowest BCUT2D eigenvalue weighted by atomic mass is 9.72. The number of allylic oxidation sites excluding steroid dienone is 2. The van der Waals surface area contributed by atoms with Gasteiger partial charge in [-0.1, -0.05) is 26.3 Å². The molecule has 0 N–H and O–H groups in total. The molecular formula is C15H22O2. The molecule has 1 aliphatic carbocycles. The van der Waals surface area contributed by atoms with E-state index in [0.29, 0.717) is 6.42 Å². The zero-order chi connectivity index (χ0) is 12.5. The Bertz CT molecular complexity index is 367. The second-order valence-electron chi connectivity index (χ2n) is 5.28. The highest BCUT2D eigenvalue weighted by Gasteiger charge is 2.50. The summed E-state index contributed by atoms with van der Waals surface area (Å²) in [5.74, 6) is 1.14. The first-order chi connectivity index (χ1) is 8.10. The summed E-state index contributed by atoms with van der Waals surface area (Å²) >= 11 is 0. The van der Waals surface area contributed by atoms with E-state index in [9.17, 15) is 4.79 Å². The number of fused-ring (bicyclic) bond motifs is 1. The van der Waals surface area contributed by atoms with Gasteiger partial charge in [0.1, 0.15) is 17.3 Å². The van der Waals surface area contributed by atoms with Crippen LogP contribution in [0.5, 0.6) is 0 Å². The molecule has 2 atom stereocenters. The monoisotopic (exact) mass is 234 g/mol. The van der Waals surface area contributed by atoms with E-state index < -0.39 is 5.41 Å². The fourth-order valence-electron chi connectivity index (χ4n) is 2.79. The Balaban J connectivity index is 2.12. The normalized spacial score (nSPS) is 32.1. The molecular weight excluding hydrogens is 212 g/mol. The zero-order valence-corrected chi connectivity index (χ0v) is 10.9. The Morgan fingerprint density at radius 2 is 2.29 bits per heavy atom. The van der Waals surface area contributed by atoms with E-state index in [1.807, 2.05) is 6.92 Å². The van der Waals surface area contributed by atoms with Gasteiger partial charge in [0.05, 0.1) is 0 Å². The van der Waals surface area contributed by atoms with Gasteiger partial charge in [-0.05, 0) is 37.8 Å².